The highest BCUT2D eigenvalue weighted by Crippen LogP contribution is 2.30. The Labute approximate surface area is 151 Å². The van der Waals surface area contributed by atoms with E-state index >= 15 is 0 Å². The average molecular weight is 387 g/mol. The third-order valence-electron chi connectivity index (χ3n) is 3.97. The summed E-state index contributed by atoms with van der Waals surface area (Å²) in [7, 11) is -3.67. The topological polar surface area (TPSA) is 60.9 Å². The van der Waals surface area contributed by atoms with Crippen LogP contribution in [0.2, 0.25) is 10.0 Å². The molecule has 0 aliphatic carbocycles. The minimum atomic E-state index is -3.67. The van der Waals surface area contributed by atoms with Crippen molar-refractivity contribution in [1.29, 1.82) is 0 Å². The molecule has 0 aromatic heterocycles. The summed E-state index contributed by atoms with van der Waals surface area (Å²) >= 11 is 11.9. The normalized spacial score (nSPS) is 16.3. The van der Waals surface area contributed by atoms with E-state index in [1.54, 1.807) is 12.1 Å². The third kappa shape index (κ3) is 3.32. The first-order valence-electron chi connectivity index (χ1n) is 7.38. The summed E-state index contributed by atoms with van der Waals surface area (Å²) in [6.07, 6.45) is 0. The molecule has 0 bridgehead atoms. The number of hydrogen-bond acceptors (Lipinski definition) is 4. The molecular formula is C16H16Cl2N2O3S. The van der Waals surface area contributed by atoms with Gasteiger partial charge in [-0.1, -0.05) is 35.3 Å². The number of halogens is 2. The number of piperazine rings is 1. The van der Waals surface area contributed by atoms with Gasteiger partial charge in [0.25, 0.3) is 0 Å². The minimum absolute atomic E-state index is 0.0598. The van der Waals surface area contributed by atoms with Crippen molar-refractivity contribution in [2.45, 2.75) is 4.90 Å². The van der Waals surface area contributed by atoms with Gasteiger partial charge in [0, 0.05) is 31.2 Å². The number of phenols is 1. The predicted octanol–water partition coefficient (Wildman–Crippen LogP) is 3.21. The summed E-state index contributed by atoms with van der Waals surface area (Å²) in [6, 6.07) is 11.4. The van der Waals surface area contributed by atoms with Gasteiger partial charge in [0.15, 0.2) is 0 Å². The molecule has 1 saturated heterocycles. The Kier molecular flexibility index (Phi) is 4.92. The molecule has 0 spiro atoms. The Bertz CT molecular complexity index is 850. The number of hydrogen-bond donors (Lipinski definition) is 1. The fourth-order valence-corrected chi connectivity index (χ4v) is 4.89. The van der Waals surface area contributed by atoms with E-state index in [2.05, 4.69) is 0 Å². The second-order valence-corrected chi connectivity index (χ2v) is 8.20. The maximum Gasteiger partial charge on any atom is 0.244 e. The van der Waals surface area contributed by atoms with E-state index in [9.17, 15) is 13.5 Å². The van der Waals surface area contributed by atoms with Crippen molar-refractivity contribution in [3.63, 3.8) is 0 Å². The molecule has 1 aliphatic heterocycles. The number of aromatic hydroxyl groups is 1. The van der Waals surface area contributed by atoms with Crippen LogP contribution in [-0.2, 0) is 10.0 Å². The molecule has 1 N–H and O–H groups in total. The molecule has 5 nitrogen and oxygen atoms in total. The second-order valence-electron chi connectivity index (χ2n) is 5.45. The summed E-state index contributed by atoms with van der Waals surface area (Å²) in [5.74, 6) is 0.189. The van der Waals surface area contributed by atoms with Crippen LogP contribution in [0.25, 0.3) is 0 Å². The van der Waals surface area contributed by atoms with Crippen LogP contribution in [0.15, 0.2) is 47.4 Å². The number of para-hydroxylation sites is 2. The van der Waals surface area contributed by atoms with Crippen molar-refractivity contribution in [2.24, 2.45) is 0 Å². The van der Waals surface area contributed by atoms with E-state index in [-0.39, 0.29) is 15.7 Å². The number of anilines is 1. The Hall–Kier alpha value is -1.47. The molecule has 3 rings (SSSR count). The molecule has 1 fully saturated rings. The Morgan fingerprint density at radius 2 is 1.62 bits per heavy atom. The highest BCUT2D eigenvalue weighted by molar-refractivity contribution is 7.89. The van der Waals surface area contributed by atoms with Gasteiger partial charge >= 0.3 is 0 Å². The zero-order valence-corrected chi connectivity index (χ0v) is 15.0. The third-order valence-corrected chi connectivity index (χ3v) is 6.59. The first-order chi connectivity index (χ1) is 11.4. The highest BCUT2D eigenvalue weighted by Gasteiger charge is 2.30. The Morgan fingerprint density at radius 3 is 2.25 bits per heavy atom. The van der Waals surface area contributed by atoms with Gasteiger partial charge in [-0.2, -0.15) is 4.31 Å². The monoisotopic (exact) mass is 386 g/mol. The van der Waals surface area contributed by atoms with Crippen molar-refractivity contribution < 1.29 is 13.5 Å². The first kappa shape index (κ1) is 17.4. The SMILES string of the molecule is O=S(=O)(c1ccc(Cl)cc1Cl)N1CCN(c2ccccc2O)CC1. The van der Waals surface area contributed by atoms with E-state index < -0.39 is 10.0 Å². The van der Waals surface area contributed by atoms with Gasteiger partial charge in [-0.25, -0.2) is 8.42 Å². The lowest BCUT2D eigenvalue weighted by Gasteiger charge is -2.35. The summed E-state index contributed by atoms with van der Waals surface area (Å²) in [6.45, 7) is 1.61. The lowest BCUT2D eigenvalue weighted by atomic mass is 10.2. The van der Waals surface area contributed by atoms with Crippen LogP contribution in [0.1, 0.15) is 0 Å². The maximum absolute atomic E-state index is 12.8. The van der Waals surface area contributed by atoms with Crippen molar-refractivity contribution >= 4 is 38.9 Å². The fourth-order valence-electron chi connectivity index (χ4n) is 2.72. The summed E-state index contributed by atoms with van der Waals surface area (Å²) < 4.78 is 26.9. The van der Waals surface area contributed by atoms with Gasteiger partial charge in [0.2, 0.25) is 10.0 Å². The zero-order valence-electron chi connectivity index (χ0n) is 12.7. The molecule has 128 valence electrons. The van der Waals surface area contributed by atoms with Crippen LogP contribution in [0.5, 0.6) is 5.75 Å². The molecule has 1 aliphatic rings. The van der Waals surface area contributed by atoms with Gasteiger partial charge in [-0.05, 0) is 30.3 Å². The number of benzene rings is 2. The Morgan fingerprint density at radius 1 is 0.958 bits per heavy atom. The van der Waals surface area contributed by atoms with Crippen LogP contribution < -0.4 is 4.90 Å². The van der Waals surface area contributed by atoms with Gasteiger partial charge < -0.3 is 10.0 Å². The van der Waals surface area contributed by atoms with Gasteiger partial charge in [0.05, 0.1) is 10.7 Å². The van der Waals surface area contributed by atoms with E-state index in [0.29, 0.717) is 36.9 Å². The number of sulfonamides is 1. The molecule has 0 amide bonds. The van der Waals surface area contributed by atoms with Gasteiger partial charge in [0.1, 0.15) is 10.6 Å². The predicted molar refractivity (Wildman–Crippen MR) is 95.5 cm³/mol. The van der Waals surface area contributed by atoms with Crippen molar-refractivity contribution in [1.82, 2.24) is 4.31 Å². The molecule has 0 radical (unpaired) electrons. The second kappa shape index (κ2) is 6.80. The number of phenolic OH excluding ortho intramolecular Hbond substituents is 1. The molecular weight excluding hydrogens is 371 g/mol. The van der Waals surface area contributed by atoms with E-state index in [1.807, 2.05) is 17.0 Å². The highest BCUT2D eigenvalue weighted by atomic mass is 35.5. The van der Waals surface area contributed by atoms with Gasteiger partial charge in [-0.15, -0.1) is 0 Å². The molecule has 8 heteroatoms. The number of nitrogens with zero attached hydrogens (tertiary/aromatic N) is 2. The van der Waals surface area contributed by atoms with Crippen LogP contribution in [-0.4, -0.2) is 44.0 Å². The summed E-state index contributed by atoms with van der Waals surface area (Å²) in [5, 5.41) is 10.4. The quantitative estimate of drug-likeness (QED) is 0.879. The van der Waals surface area contributed by atoms with Crippen LogP contribution >= 0.6 is 23.2 Å². The molecule has 1 heterocycles. The van der Waals surface area contributed by atoms with Crippen molar-refractivity contribution in [3.05, 3.63) is 52.5 Å². The molecule has 0 saturated carbocycles. The Balaban J connectivity index is 1.78. The molecule has 0 atom stereocenters. The van der Waals surface area contributed by atoms with Crippen LogP contribution in [0.3, 0.4) is 0 Å². The molecule has 2 aromatic rings. The van der Waals surface area contributed by atoms with E-state index in [4.69, 9.17) is 23.2 Å². The average Bonchev–Trinajstić information content (AvgIpc) is 2.55. The van der Waals surface area contributed by atoms with Crippen molar-refractivity contribution in [2.75, 3.05) is 31.1 Å². The molecule has 0 unspecified atom stereocenters. The van der Waals surface area contributed by atoms with Crippen LogP contribution in [0, 0.1) is 0 Å². The maximum atomic E-state index is 12.8. The van der Waals surface area contributed by atoms with Crippen LogP contribution in [0.4, 0.5) is 5.69 Å². The zero-order chi connectivity index (χ0) is 17.3. The van der Waals surface area contributed by atoms with E-state index in [1.165, 1.54) is 22.5 Å². The van der Waals surface area contributed by atoms with Gasteiger partial charge in [-0.3, -0.25) is 0 Å². The lowest BCUT2D eigenvalue weighted by molar-refractivity contribution is 0.382. The largest absolute Gasteiger partial charge is 0.506 e. The smallest absolute Gasteiger partial charge is 0.244 e. The molecule has 24 heavy (non-hydrogen) atoms. The fraction of sp³-hybridized carbons (Fsp3) is 0.250. The van der Waals surface area contributed by atoms with E-state index in [0.717, 1.165) is 0 Å². The lowest BCUT2D eigenvalue weighted by Crippen LogP contribution is -2.48. The minimum Gasteiger partial charge on any atom is -0.506 e. The van der Waals surface area contributed by atoms with Crippen molar-refractivity contribution in [3.8, 4) is 5.75 Å². The molecule has 2 aromatic carbocycles. The standard InChI is InChI=1S/C16H16Cl2N2O3S/c17-12-5-6-16(13(18)11-12)24(22,23)20-9-7-19(8-10-20)14-3-1-2-4-15(14)21/h1-6,11,21H,7-10H2. The number of rotatable bonds is 3. The summed E-state index contributed by atoms with van der Waals surface area (Å²) in [5.41, 5.74) is 0.707. The summed E-state index contributed by atoms with van der Waals surface area (Å²) in [4.78, 5) is 2.02. The first-order valence-corrected chi connectivity index (χ1v) is 9.57.